The number of hydrogen-bond donors (Lipinski definition) is 1. The van der Waals surface area contributed by atoms with Gasteiger partial charge in [-0.25, -0.2) is 4.79 Å². The molecule has 1 N–H and O–H groups in total. The van der Waals surface area contributed by atoms with Gasteiger partial charge in [0.25, 0.3) is 0 Å². The van der Waals surface area contributed by atoms with Gasteiger partial charge in [-0.3, -0.25) is 0 Å². The second-order valence-electron chi connectivity index (χ2n) is 11.0. The average molecular weight is 538 g/mol. The fourth-order valence-corrected chi connectivity index (χ4v) is 7.51. The van der Waals surface area contributed by atoms with Crippen molar-refractivity contribution in [1.82, 2.24) is 4.57 Å². The first-order valence-electron chi connectivity index (χ1n) is 13.9. The summed E-state index contributed by atoms with van der Waals surface area (Å²) in [6.45, 7) is 12.0. The summed E-state index contributed by atoms with van der Waals surface area (Å²) < 4.78 is 8.84. The van der Waals surface area contributed by atoms with E-state index in [4.69, 9.17) is 4.74 Å². The molecule has 5 heteroatoms. The van der Waals surface area contributed by atoms with Gasteiger partial charge in [-0.15, -0.1) is 11.3 Å². The number of benzene rings is 2. The Morgan fingerprint density at radius 1 is 1.10 bits per heavy atom. The summed E-state index contributed by atoms with van der Waals surface area (Å²) in [6, 6.07) is 12.2. The van der Waals surface area contributed by atoms with E-state index >= 15 is 0 Å². The van der Waals surface area contributed by atoms with E-state index in [0.29, 0.717) is 24.6 Å². The van der Waals surface area contributed by atoms with Crippen molar-refractivity contribution in [3.63, 3.8) is 0 Å². The molecule has 0 unspecified atom stereocenters. The van der Waals surface area contributed by atoms with Crippen molar-refractivity contribution in [2.24, 2.45) is 0 Å². The van der Waals surface area contributed by atoms with E-state index in [1.165, 1.54) is 64.1 Å². The summed E-state index contributed by atoms with van der Waals surface area (Å²) in [6.07, 6.45) is 10.4. The first kappa shape index (κ1) is 25.7. The van der Waals surface area contributed by atoms with E-state index in [1.807, 2.05) is 12.1 Å². The number of thiophene rings is 1. The molecular weight excluding hydrogens is 502 g/mol. The zero-order valence-corrected chi connectivity index (χ0v) is 23.8. The van der Waals surface area contributed by atoms with Gasteiger partial charge in [0.15, 0.2) is 0 Å². The highest BCUT2D eigenvalue weighted by Gasteiger charge is 2.30. The summed E-state index contributed by atoms with van der Waals surface area (Å²) in [5.41, 5.74) is 9.42. The van der Waals surface area contributed by atoms with Crippen molar-refractivity contribution in [3.8, 4) is 17.0 Å². The summed E-state index contributed by atoms with van der Waals surface area (Å²) in [5, 5.41) is 10.9. The highest BCUT2D eigenvalue weighted by atomic mass is 32.1. The lowest BCUT2D eigenvalue weighted by molar-refractivity contribution is 0.0697. The minimum absolute atomic E-state index is 0.327. The monoisotopic (exact) mass is 537 g/mol. The van der Waals surface area contributed by atoms with Gasteiger partial charge in [0.05, 0.1) is 17.8 Å². The van der Waals surface area contributed by atoms with Crippen LogP contribution in [0.15, 0.2) is 49.1 Å². The van der Waals surface area contributed by atoms with Crippen molar-refractivity contribution in [2.45, 2.75) is 65.3 Å². The molecule has 2 aromatic carbocycles. The third kappa shape index (κ3) is 4.53. The molecule has 2 aliphatic rings. The molecule has 0 spiro atoms. The molecular formula is C34H35NO3S. The lowest BCUT2D eigenvalue weighted by Crippen LogP contribution is -2.07. The summed E-state index contributed by atoms with van der Waals surface area (Å²) in [4.78, 5) is 14.4. The zero-order chi connectivity index (χ0) is 27.3. The van der Waals surface area contributed by atoms with Gasteiger partial charge >= 0.3 is 5.97 Å². The molecule has 4 nitrogen and oxygen atoms in total. The Morgan fingerprint density at radius 2 is 1.90 bits per heavy atom. The Labute approximate surface area is 234 Å². The fraction of sp³-hybridized carbons (Fsp3) is 0.324. The average Bonchev–Trinajstić information content (AvgIpc) is 3.36. The van der Waals surface area contributed by atoms with Gasteiger partial charge in [-0.2, -0.15) is 0 Å². The molecule has 0 radical (unpaired) electrons. The predicted octanol–water partition coefficient (Wildman–Crippen LogP) is 9.16. The van der Waals surface area contributed by atoms with Crippen molar-refractivity contribution in [2.75, 3.05) is 6.61 Å². The topological polar surface area (TPSA) is 51.5 Å². The van der Waals surface area contributed by atoms with Crippen LogP contribution in [0, 0.1) is 20.8 Å². The Hall–Kier alpha value is -3.57. The molecule has 1 aliphatic carbocycles. The third-order valence-electron chi connectivity index (χ3n) is 8.43. The van der Waals surface area contributed by atoms with Crippen molar-refractivity contribution >= 4 is 39.9 Å². The second kappa shape index (κ2) is 10.2. The Morgan fingerprint density at radius 3 is 2.62 bits per heavy atom. The highest BCUT2D eigenvalue weighted by Crippen LogP contribution is 2.48. The standard InChI is InChI=1S/C34H35NO3S/c1-20-11-14-28-32-31(24-8-6-5-7-9-24)27-15-12-25(34(36)37)19-30(27)35(32)16-17-38-33(28)26(20)13-10-21(2)29-18-22(3)39-23(29)4/h10-15,18-19,24H,2,5-9,16-17H2,1,3-4H3,(H,36,37)/b13-10-. The van der Waals surface area contributed by atoms with E-state index in [9.17, 15) is 9.90 Å². The van der Waals surface area contributed by atoms with Crippen LogP contribution in [-0.2, 0) is 6.54 Å². The van der Waals surface area contributed by atoms with E-state index in [1.54, 1.807) is 17.4 Å². The van der Waals surface area contributed by atoms with Gasteiger partial charge < -0.3 is 14.4 Å². The van der Waals surface area contributed by atoms with Gasteiger partial charge in [-0.1, -0.05) is 50.1 Å². The Balaban J connectivity index is 1.54. The summed E-state index contributed by atoms with van der Waals surface area (Å²) in [5.74, 6) is 0.481. The van der Waals surface area contributed by atoms with Crippen molar-refractivity contribution < 1.29 is 14.6 Å². The number of carboxylic acid groups (broad SMARTS) is 1. The normalized spacial score (nSPS) is 15.7. The van der Waals surface area contributed by atoms with Crippen molar-refractivity contribution in [3.05, 3.63) is 86.6 Å². The minimum Gasteiger partial charge on any atom is -0.490 e. The number of allylic oxidation sites excluding steroid dienone is 2. The molecule has 200 valence electrons. The number of aromatic carboxylic acids is 1. The molecule has 0 saturated heterocycles. The zero-order valence-electron chi connectivity index (χ0n) is 23.0. The lowest BCUT2D eigenvalue weighted by atomic mass is 9.81. The van der Waals surface area contributed by atoms with Crippen LogP contribution < -0.4 is 4.74 Å². The molecule has 3 heterocycles. The van der Waals surface area contributed by atoms with Gasteiger partial charge in [0.2, 0.25) is 0 Å². The number of rotatable bonds is 5. The van der Waals surface area contributed by atoms with Crippen LogP contribution in [0.25, 0.3) is 33.8 Å². The van der Waals surface area contributed by atoms with Gasteiger partial charge in [-0.05, 0) is 86.1 Å². The maximum Gasteiger partial charge on any atom is 0.335 e. The first-order valence-corrected chi connectivity index (χ1v) is 14.8. The van der Waals surface area contributed by atoms with Gasteiger partial charge in [0, 0.05) is 31.8 Å². The number of carbonyl (C=O) groups is 1. The smallest absolute Gasteiger partial charge is 0.335 e. The molecule has 0 amide bonds. The number of carboxylic acids is 1. The van der Waals surface area contributed by atoms with Crippen LogP contribution in [-0.4, -0.2) is 22.2 Å². The minimum atomic E-state index is -0.892. The van der Waals surface area contributed by atoms with E-state index < -0.39 is 5.97 Å². The largest absolute Gasteiger partial charge is 0.490 e. The van der Waals surface area contributed by atoms with Crippen LogP contribution in [0.2, 0.25) is 0 Å². The molecule has 0 bridgehead atoms. The highest BCUT2D eigenvalue weighted by molar-refractivity contribution is 7.12. The number of hydrogen-bond acceptors (Lipinski definition) is 3. The number of aromatic nitrogens is 1. The van der Waals surface area contributed by atoms with Crippen molar-refractivity contribution in [1.29, 1.82) is 0 Å². The molecule has 1 aliphatic heterocycles. The van der Waals surface area contributed by atoms with Crippen LogP contribution in [0.5, 0.6) is 5.75 Å². The van der Waals surface area contributed by atoms with Gasteiger partial charge in [0.1, 0.15) is 12.4 Å². The number of ether oxygens (including phenoxy) is 1. The molecule has 1 saturated carbocycles. The van der Waals surface area contributed by atoms with E-state index in [-0.39, 0.29) is 0 Å². The molecule has 2 aromatic heterocycles. The van der Waals surface area contributed by atoms with Crippen LogP contribution in [0.3, 0.4) is 0 Å². The molecule has 0 atom stereocenters. The molecule has 4 aromatic rings. The molecule has 6 rings (SSSR count). The van der Waals surface area contributed by atoms with E-state index in [2.05, 4.69) is 62.3 Å². The van der Waals surface area contributed by atoms with Crippen LogP contribution in [0.4, 0.5) is 0 Å². The molecule has 39 heavy (non-hydrogen) atoms. The summed E-state index contributed by atoms with van der Waals surface area (Å²) in [7, 11) is 0. The van der Waals surface area contributed by atoms with Crippen LogP contribution in [0.1, 0.15) is 80.4 Å². The predicted molar refractivity (Wildman–Crippen MR) is 162 cm³/mol. The lowest BCUT2D eigenvalue weighted by Gasteiger charge is -2.24. The first-order chi connectivity index (χ1) is 18.8. The number of fused-ring (bicyclic) bond motifs is 5. The SMILES string of the molecule is C=C(/C=C\c1c(C)ccc2c1OCCn1c-2c(C2CCCCC2)c2ccc(C(=O)O)cc21)c1cc(C)sc1C. The summed E-state index contributed by atoms with van der Waals surface area (Å²) >= 11 is 1.80. The number of nitrogens with zero attached hydrogens (tertiary/aromatic N) is 1. The quantitative estimate of drug-likeness (QED) is 0.258. The third-order valence-corrected chi connectivity index (χ3v) is 9.40. The molecule has 1 fully saturated rings. The maximum absolute atomic E-state index is 11.9. The second-order valence-corrected chi connectivity index (χ2v) is 12.5. The Bertz CT molecular complexity index is 1640. The number of aryl methyl sites for hydroxylation is 3. The Kier molecular flexibility index (Phi) is 6.72. The maximum atomic E-state index is 11.9. The fourth-order valence-electron chi connectivity index (χ4n) is 6.55. The van der Waals surface area contributed by atoms with Crippen LogP contribution >= 0.6 is 11.3 Å². The van der Waals surface area contributed by atoms with E-state index in [0.717, 1.165) is 33.5 Å².